The molecule has 0 saturated heterocycles. The van der Waals surface area contributed by atoms with Gasteiger partial charge in [-0.05, 0) is 24.6 Å². The Morgan fingerprint density at radius 1 is 1.09 bits per heavy atom. The van der Waals surface area contributed by atoms with Crippen molar-refractivity contribution >= 4 is 29.4 Å². The van der Waals surface area contributed by atoms with Crippen molar-refractivity contribution < 1.29 is 28.8 Å². The highest BCUT2D eigenvalue weighted by atomic mass is 16.6. The van der Waals surface area contributed by atoms with Crippen LogP contribution in [0.15, 0.2) is 18.2 Å². The van der Waals surface area contributed by atoms with Crippen molar-refractivity contribution in [1.82, 2.24) is 16.1 Å². The molecule has 1 aromatic carbocycles. The second kappa shape index (κ2) is 15.0. The first-order chi connectivity index (χ1) is 16.1. The SMILES string of the molecule is CCNC(C(=O)NCC(=O)Nc1ccc(COC(=O)C(C)C)c(C(=O)NOCCN)c1)C(C)C. The van der Waals surface area contributed by atoms with Crippen molar-refractivity contribution in [3.05, 3.63) is 29.3 Å². The lowest BCUT2D eigenvalue weighted by Gasteiger charge is -2.20. The number of likely N-dealkylation sites (N-methyl/N-ethyl adjacent to an activating group) is 1. The summed E-state index contributed by atoms with van der Waals surface area (Å²) in [4.78, 5) is 54.1. The number of carbonyl (C=O) groups is 4. The molecule has 0 aromatic heterocycles. The lowest BCUT2D eigenvalue weighted by Crippen LogP contribution is -2.49. The fraction of sp³-hybridized carbons (Fsp3) is 0.565. The summed E-state index contributed by atoms with van der Waals surface area (Å²) in [5.74, 6) is -1.98. The summed E-state index contributed by atoms with van der Waals surface area (Å²) in [6, 6.07) is 4.18. The van der Waals surface area contributed by atoms with Gasteiger partial charge in [-0.3, -0.25) is 24.0 Å². The molecule has 0 fully saturated rings. The van der Waals surface area contributed by atoms with Gasteiger partial charge in [0.25, 0.3) is 5.91 Å². The van der Waals surface area contributed by atoms with Gasteiger partial charge in [0.1, 0.15) is 6.61 Å². The van der Waals surface area contributed by atoms with Crippen LogP contribution in [0, 0.1) is 11.8 Å². The van der Waals surface area contributed by atoms with E-state index < -0.39 is 23.8 Å². The normalized spacial score (nSPS) is 11.8. The van der Waals surface area contributed by atoms with Crippen molar-refractivity contribution in [3.8, 4) is 0 Å². The van der Waals surface area contributed by atoms with Crippen molar-refractivity contribution in [2.24, 2.45) is 17.6 Å². The number of hydroxylamine groups is 1. The van der Waals surface area contributed by atoms with E-state index >= 15 is 0 Å². The van der Waals surface area contributed by atoms with Gasteiger partial charge in [0.05, 0.1) is 30.7 Å². The quantitative estimate of drug-likeness (QED) is 0.148. The van der Waals surface area contributed by atoms with Gasteiger partial charge in [0.15, 0.2) is 0 Å². The molecule has 1 rings (SSSR count). The first-order valence-corrected chi connectivity index (χ1v) is 11.3. The maximum Gasteiger partial charge on any atom is 0.308 e. The average Bonchev–Trinajstić information content (AvgIpc) is 2.79. The van der Waals surface area contributed by atoms with E-state index in [1.165, 1.54) is 6.07 Å². The summed E-state index contributed by atoms with van der Waals surface area (Å²) in [5.41, 5.74) is 8.54. The molecule has 0 heterocycles. The number of rotatable bonds is 14. The molecule has 1 atom stereocenters. The van der Waals surface area contributed by atoms with E-state index in [4.69, 9.17) is 15.3 Å². The molecule has 0 saturated carbocycles. The van der Waals surface area contributed by atoms with Gasteiger partial charge in [-0.25, -0.2) is 5.48 Å². The number of ether oxygens (including phenoxy) is 1. The fourth-order valence-electron chi connectivity index (χ4n) is 2.87. The molecule has 0 aliphatic rings. The van der Waals surface area contributed by atoms with Crippen LogP contribution in [0.1, 0.15) is 50.5 Å². The summed E-state index contributed by atoms with van der Waals surface area (Å²) in [6.07, 6.45) is 0. The van der Waals surface area contributed by atoms with Crippen LogP contribution >= 0.6 is 0 Å². The number of hydrogen-bond acceptors (Lipinski definition) is 8. The summed E-state index contributed by atoms with van der Waals surface area (Å²) in [7, 11) is 0. The molecule has 3 amide bonds. The van der Waals surface area contributed by atoms with E-state index in [1.807, 2.05) is 20.8 Å². The molecule has 0 radical (unpaired) electrons. The van der Waals surface area contributed by atoms with E-state index in [-0.39, 0.29) is 49.6 Å². The van der Waals surface area contributed by atoms with Crippen LogP contribution < -0.4 is 27.2 Å². The van der Waals surface area contributed by atoms with Crippen LogP contribution in [0.2, 0.25) is 0 Å². The van der Waals surface area contributed by atoms with Crippen molar-refractivity contribution in [3.63, 3.8) is 0 Å². The summed E-state index contributed by atoms with van der Waals surface area (Å²) < 4.78 is 5.23. The lowest BCUT2D eigenvalue weighted by molar-refractivity contribution is -0.148. The van der Waals surface area contributed by atoms with E-state index in [0.717, 1.165) is 0 Å². The van der Waals surface area contributed by atoms with Gasteiger partial charge < -0.3 is 26.4 Å². The minimum atomic E-state index is -0.584. The number of carbonyl (C=O) groups excluding carboxylic acids is 4. The van der Waals surface area contributed by atoms with Gasteiger partial charge in [-0.2, -0.15) is 0 Å². The lowest BCUT2D eigenvalue weighted by atomic mass is 10.0. The topological polar surface area (TPSA) is 161 Å². The smallest absolute Gasteiger partial charge is 0.308 e. The largest absolute Gasteiger partial charge is 0.461 e. The Labute approximate surface area is 200 Å². The third-order valence-electron chi connectivity index (χ3n) is 4.66. The third kappa shape index (κ3) is 9.86. The average molecular weight is 480 g/mol. The number of anilines is 1. The summed E-state index contributed by atoms with van der Waals surface area (Å²) in [5, 5.41) is 8.35. The Hall–Kier alpha value is -3.02. The Bertz CT molecular complexity index is 843. The fourth-order valence-corrected chi connectivity index (χ4v) is 2.87. The highest BCUT2D eigenvalue weighted by Crippen LogP contribution is 2.18. The number of esters is 1. The molecular weight excluding hydrogens is 442 g/mol. The third-order valence-corrected chi connectivity index (χ3v) is 4.66. The highest BCUT2D eigenvalue weighted by molar-refractivity contribution is 5.99. The molecule has 0 aliphatic heterocycles. The van der Waals surface area contributed by atoms with Crippen molar-refractivity contribution in [2.75, 3.05) is 31.6 Å². The second-order valence-corrected chi connectivity index (χ2v) is 8.25. The molecule has 1 unspecified atom stereocenters. The molecule has 6 N–H and O–H groups in total. The molecule has 0 aliphatic carbocycles. The predicted octanol–water partition coefficient (Wildman–Crippen LogP) is 0.695. The van der Waals surface area contributed by atoms with Crippen molar-refractivity contribution in [2.45, 2.75) is 47.3 Å². The van der Waals surface area contributed by atoms with Gasteiger partial charge in [-0.1, -0.05) is 40.7 Å². The Morgan fingerprint density at radius 3 is 2.38 bits per heavy atom. The number of benzene rings is 1. The molecule has 11 nitrogen and oxygen atoms in total. The van der Waals surface area contributed by atoms with Gasteiger partial charge in [0.2, 0.25) is 11.8 Å². The Balaban J connectivity index is 2.90. The second-order valence-electron chi connectivity index (χ2n) is 8.25. The van der Waals surface area contributed by atoms with Crippen LogP contribution in [0.3, 0.4) is 0 Å². The van der Waals surface area contributed by atoms with Crippen LogP contribution in [0.4, 0.5) is 5.69 Å². The van der Waals surface area contributed by atoms with E-state index in [2.05, 4.69) is 21.4 Å². The van der Waals surface area contributed by atoms with Gasteiger partial charge in [-0.15, -0.1) is 0 Å². The van der Waals surface area contributed by atoms with E-state index in [1.54, 1.807) is 26.0 Å². The van der Waals surface area contributed by atoms with Crippen LogP contribution in [-0.2, 0) is 30.6 Å². The van der Waals surface area contributed by atoms with Crippen LogP contribution in [-0.4, -0.2) is 56.0 Å². The maximum atomic E-state index is 12.6. The molecule has 11 heteroatoms. The molecule has 1 aromatic rings. The zero-order valence-corrected chi connectivity index (χ0v) is 20.5. The van der Waals surface area contributed by atoms with E-state index in [0.29, 0.717) is 17.8 Å². The molecule has 34 heavy (non-hydrogen) atoms. The maximum absolute atomic E-state index is 12.6. The van der Waals surface area contributed by atoms with Gasteiger partial charge >= 0.3 is 5.97 Å². The molecular formula is C23H37N5O6. The summed E-state index contributed by atoms with van der Waals surface area (Å²) in [6.45, 7) is 9.73. The number of hydrogen-bond donors (Lipinski definition) is 5. The molecule has 190 valence electrons. The standard InChI is InChI=1S/C23H37N5O6/c1-6-25-20(14(2)3)22(31)26-12-19(29)27-17-8-7-16(13-33-23(32)15(4)5)18(11-17)21(30)28-34-10-9-24/h7-8,11,14-15,20,25H,6,9-10,12-13,24H2,1-5H3,(H,26,31)(H,27,29)(H,28,30). The zero-order valence-electron chi connectivity index (χ0n) is 20.5. The molecule has 0 spiro atoms. The number of nitrogens with two attached hydrogens (primary N) is 1. The predicted molar refractivity (Wildman–Crippen MR) is 127 cm³/mol. The van der Waals surface area contributed by atoms with E-state index in [9.17, 15) is 19.2 Å². The first kappa shape index (κ1) is 29.0. The minimum absolute atomic E-state index is 0.0583. The first-order valence-electron chi connectivity index (χ1n) is 11.3. The van der Waals surface area contributed by atoms with Crippen LogP contribution in [0.25, 0.3) is 0 Å². The summed E-state index contributed by atoms with van der Waals surface area (Å²) >= 11 is 0. The Kier molecular flexibility index (Phi) is 12.8. The molecule has 0 bridgehead atoms. The Morgan fingerprint density at radius 2 is 1.79 bits per heavy atom. The van der Waals surface area contributed by atoms with Gasteiger partial charge in [0, 0.05) is 17.8 Å². The minimum Gasteiger partial charge on any atom is -0.461 e. The zero-order chi connectivity index (χ0) is 25.7. The monoisotopic (exact) mass is 479 g/mol. The highest BCUT2D eigenvalue weighted by Gasteiger charge is 2.21. The van der Waals surface area contributed by atoms with Crippen molar-refractivity contribution in [1.29, 1.82) is 0 Å². The number of amides is 3. The number of nitrogens with one attached hydrogen (secondary N) is 4. The van der Waals surface area contributed by atoms with Crippen LogP contribution in [0.5, 0.6) is 0 Å².